The zero-order valence-corrected chi connectivity index (χ0v) is 19.9. The molecule has 0 aliphatic rings. The van der Waals surface area contributed by atoms with Crippen molar-refractivity contribution in [1.29, 1.82) is 0 Å². The second kappa shape index (κ2) is 9.61. The van der Waals surface area contributed by atoms with Gasteiger partial charge >= 0.3 is 0 Å². The van der Waals surface area contributed by atoms with Crippen molar-refractivity contribution in [3.05, 3.63) is 91.8 Å². The molecule has 0 aliphatic heterocycles. The van der Waals surface area contributed by atoms with Gasteiger partial charge in [-0.25, -0.2) is 4.68 Å². The van der Waals surface area contributed by atoms with Crippen molar-refractivity contribution >= 4 is 57.7 Å². The van der Waals surface area contributed by atoms with Gasteiger partial charge in [-0.1, -0.05) is 71.2 Å². The monoisotopic (exact) mass is 478 g/mol. The Kier molecular flexibility index (Phi) is 7.35. The van der Waals surface area contributed by atoms with Gasteiger partial charge in [0.05, 0.1) is 16.6 Å². The third kappa shape index (κ3) is 5.70. The number of thioether (sulfide) groups is 1. The lowest BCUT2D eigenvalue weighted by atomic mass is 10.1. The van der Waals surface area contributed by atoms with Crippen LogP contribution in [0.4, 0.5) is 0 Å². The molecule has 0 N–H and O–H groups in total. The summed E-state index contributed by atoms with van der Waals surface area (Å²) in [4.78, 5) is 13.1. The van der Waals surface area contributed by atoms with E-state index in [-0.39, 0.29) is 10.6 Å². The van der Waals surface area contributed by atoms with Crippen molar-refractivity contribution < 1.29 is 0 Å². The average Bonchev–Trinajstić information content (AvgIpc) is 2.69. The van der Waals surface area contributed by atoms with E-state index in [1.54, 1.807) is 6.20 Å². The van der Waals surface area contributed by atoms with Gasteiger partial charge in [-0.05, 0) is 55.7 Å². The summed E-state index contributed by atoms with van der Waals surface area (Å²) < 4.78 is 1.41. The summed E-state index contributed by atoms with van der Waals surface area (Å²) in [6, 6.07) is 15.5. The molecule has 0 unspecified atom stereocenters. The van der Waals surface area contributed by atoms with Crippen LogP contribution in [-0.2, 0) is 11.3 Å². The topological polar surface area (TPSA) is 34.9 Å². The third-order valence-corrected chi connectivity index (χ3v) is 6.46. The molecule has 3 rings (SSSR count). The van der Waals surface area contributed by atoms with E-state index in [2.05, 4.69) is 5.10 Å². The standard InChI is InChI=1S/C23H21Cl3N2OS/c1-23(2,3)28-22(29)21(26)20(13-27-28)30-14-16-6-4-15(5-7-16)12-19(25)17-8-10-18(24)11-9-17/h4-13H,14H2,1-3H3. The molecule has 0 aliphatic carbocycles. The van der Waals surface area contributed by atoms with Crippen LogP contribution in [0.25, 0.3) is 11.1 Å². The second-order valence-electron chi connectivity index (χ2n) is 7.74. The minimum absolute atomic E-state index is 0.208. The summed E-state index contributed by atoms with van der Waals surface area (Å²) >= 11 is 20.1. The lowest BCUT2D eigenvalue weighted by molar-refractivity contribution is 0.336. The number of hydrogen-bond acceptors (Lipinski definition) is 3. The molecule has 156 valence electrons. The van der Waals surface area contributed by atoms with Crippen LogP contribution < -0.4 is 5.56 Å². The van der Waals surface area contributed by atoms with Gasteiger partial charge in [-0.3, -0.25) is 4.79 Å². The van der Waals surface area contributed by atoms with Gasteiger partial charge in [0.25, 0.3) is 5.56 Å². The zero-order chi connectivity index (χ0) is 21.9. The van der Waals surface area contributed by atoms with E-state index >= 15 is 0 Å². The summed E-state index contributed by atoms with van der Waals surface area (Å²) in [5.41, 5.74) is 2.33. The molecule has 0 amide bonds. The lowest BCUT2D eigenvalue weighted by Gasteiger charge is -2.21. The molecule has 0 spiro atoms. The highest BCUT2D eigenvalue weighted by Gasteiger charge is 2.19. The van der Waals surface area contributed by atoms with Crippen LogP contribution in [0.5, 0.6) is 0 Å². The molecule has 2 aromatic carbocycles. The number of benzene rings is 2. The van der Waals surface area contributed by atoms with Gasteiger partial charge in [0.15, 0.2) is 0 Å². The maximum Gasteiger partial charge on any atom is 0.287 e. The Hall–Kier alpha value is -1.72. The first-order valence-corrected chi connectivity index (χ1v) is 11.4. The van der Waals surface area contributed by atoms with Crippen molar-refractivity contribution in [2.45, 2.75) is 37.0 Å². The quantitative estimate of drug-likeness (QED) is 0.284. The third-order valence-electron chi connectivity index (χ3n) is 4.31. The Morgan fingerprint density at radius 2 is 1.70 bits per heavy atom. The van der Waals surface area contributed by atoms with Gasteiger partial charge in [0.2, 0.25) is 0 Å². The number of rotatable bonds is 5. The van der Waals surface area contributed by atoms with Gasteiger partial charge in [-0.15, -0.1) is 11.8 Å². The molecule has 0 saturated carbocycles. The normalized spacial score (nSPS) is 12.3. The Morgan fingerprint density at radius 1 is 1.07 bits per heavy atom. The Bertz CT molecular complexity index is 1120. The number of aromatic nitrogens is 2. The van der Waals surface area contributed by atoms with Gasteiger partial charge < -0.3 is 0 Å². The first-order valence-electron chi connectivity index (χ1n) is 9.28. The van der Waals surface area contributed by atoms with Crippen LogP contribution in [0.1, 0.15) is 37.5 Å². The zero-order valence-electron chi connectivity index (χ0n) is 16.8. The van der Waals surface area contributed by atoms with Crippen molar-refractivity contribution in [3.8, 4) is 0 Å². The summed E-state index contributed by atoms with van der Waals surface area (Å²) in [6.07, 6.45) is 3.57. The number of halogens is 3. The molecule has 0 atom stereocenters. The maximum absolute atomic E-state index is 12.5. The van der Waals surface area contributed by atoms with Gasteiger partial charge in [0, 0.05) is 15.8 Å². The van der Waals surface area contributed by atoms with Gasteiger partial charge in [0.1, 0.15) is 5.02 Å². The fourth-order valence-electron chi connectivity index (χ4n) is 2.71. The first kappa shape index (κ1) is 23.0. The minimum Gasteiger partial charge on any atom is -0.266 e. The molecular weight excluding hydrogens is 459 g/mol. The largest absolute Gasteiger partial charge is 0.287 e. The average molecular weight is 480 g/mol. The molecule has 3 aromatic rings. The Balaban J connectivity index is 1.69. The predicted molar refractivity (Wildman–Crippen MR) is 130 cm³/mol. The predicted octanol–water partition coefficient (Wildman–Crippen LogP) is 7.33. The molecule has 30 heavy (non-hydrogen) atoms. The SMILES string of the molecule is CC(C)(C)n1ncc(SCc2ccc(C=C(Cl)c3ccc(Cl)cc3)cc2)c(Cl)c1=O. The maximum atomic E-state index is 12.5. The Morgan fingerprint density at radius 3 is 2.30 bits per heavy atom. The van der Waals surface area contributed by atoms with Crippen molar-refractivity contribution in [2.24, 2.45) is 0 Å². The van der Waals surface area contributed by atoms with E-state index in [1.165, 1.54) is 16.4 Å². The van der Waals surface area contributed by atoms with E-state index in [0.717, 1.165) is 16.7 Å². The lowest BCUT2D eigenvalue weighted by Crippen LogP contribution is -2.36. The van der Waals surface area contributed by atoms with Gasteiger partial charge in [-0.2, -0.15) is 5.10 Å². The molecule has 0 fully saturated rings. The molecular formula is C23H21Cl3N2OS. The van der Waals surface area contributed by atoms with E-state index in [1.807, 2.05) is 75.4 Å². The molecule has 0 saturated heterocycles. The van der Waals surface area contributed by atoms with E-state index in [9.17, 15) is 4.79 Å². The fraction of sp³-hybridized carbons (Fsp3) is 0.217. The van der Waals surface area contributed by atoms with Crippen molar-refractivity contribution in [1.82, 2.24) is 9.78 Å². The van der Waals surface area contributed by atoms with Crippen LogP contribution in [0.2, 0.25) is 10.0 Å². The fourth-order valence-corrected chi connectivity index (χ4v) is 4.23. The number of hydrogen-bond donors (Lipinski definition) is 0. The molecule has 1 aromatic heterocycles. The van der Waals surface area contributed by atoms with E-state index < -0.39 is 5.54 Å². The molecule has 7 heteroatoms. The summed E-state index contributed by atoms with van der Waals surface area (Å²) in [5, 5.41) is 5.80. The first-order chi connectivity index (χ1) is 14.1. The molecule has 3 nitrogen and oxygen atoms in total. The van der Waals surface area contributed by atoms with Crippen LogP contribution in [0.15, 0.2) is 64.4 Å². The minimum atomic E-state index is -0.416. The van der Waals surface area contributed by atoms with Crippen LogP contribution in [0.3, 0.4) is 0 Å². The summed E-state index contributed by atoms with van der Waals surface area (Å²) in [5.74, 6) is 0.676. The molecule has 0 bridgehead atoms. The van der Waals surface area contributed by atoms with E-state index in [0.29, 0.717) is 20.7 Å². The molecule has 1 heterocycles. The highest BCUT2D eigenvalue weighted by atomic mass is 35.5. The molecule has 0 radical (unpaired) electrons. The highest BCUT2D eigenvalue weighted by Crippen LogP contribution is 2.28. The van der Waals surface area contributed by atoms with Crippen LogP contribution in [0, 0.1) is 0 Å². The highest BCUT2D eigenvalue weighted by molar-refractivity contribution is 7.98. The van der Waals surface area contributed by atoms with Crippen LogP contribution in [-0.4, -0.2) is 9.78 Å². The summed E-state index contributed by atoms with van der Waals surface area (Å²) in [6.45, 7) is 5.75. The number of nitrogens with zero attached hydrogens (tertiary/aromatic N) is 2. The van der Waals surface area contributed by atoms with Crippen LogP contribution >= 0.6 is 46.6 Å². The summed E-state index contributed by atoms with van der Waals surface area (Å²) in [7, 11) is 0. The van der Waals surface area contributed by atoms with Crippen molar-refractivity contribution in [3.63, 3.8) is 0 Å². The van der Waals surface area contributed by atoms with Crippen molar-refractivity contribution in [2.75, 3.05) is 0 Å². The smallest absolute Gasteiger partial charge is 0.266 e. The van der Waals surface area contributed by atoms with E-state index in [4.69, 9.17) is 34.8 Å². The Labute approximate surface area is 195 Å². The second-order valence-corrected chi connectivity index (χ2v) is 9.98.